The maximum atomic E-state index is 6.10. The van der Waals surface area contributed by atoms with Gasteiger partial charge in [-0.1, -0.05) is 0 Å². The highest BCUT2D eigenvalue weighted by Gasteiger charge is 2.33. The van der Waals surface area contributed by atoms with Crippen molar-refractivity contribution in [1.29, 1.82) is 0 Å². The smallest absolute Gasteiger partial charge is 0.154 e. The molecular formula is C16H26N4O4. The van der Waals surface area contributed by atoms with Gasteiger partial charge in [-0.15, -0.1) is 5.10 Å². The topological polar surface area (TPSA) is 92.0 Å². The summed E-state index contributed by atoms with van der Waals surface area (Å²) in [7, 11) is 1.65. The predicted octanol–water partition coefficient (Wildman–Crippen LogP) is 0.908. The van der Waals surface area contributed by atoms with Gasteiger partial charge < -0.3 is 23.9 Å². The van der Waals surface area contributed by atoms with E-state index in [1.807, 2.05) is 6.07 Å². The molecule has 24 heavy (non-hydrogen) atoms. The van der Waals surface area contributed by atoms with Crippen molar-refractivity contribution in [3.8, 4) is 5.75 Å². The van der Waals surface area contributed by atoms with Crippen LogP contribution < -0.4 is 15.5 Å². The van der Waals surface area contributed by atoms with Crippen LogP contribution in [0.1, 0.15) is 25.7 Å². The zero-order valence-electron chi connectivity index (χ0n) is 14.1. The van der Waals surface area contributed by atoms with Gasteiger partial charge in [-0.25, -0.2) is 5.90 Å². The van der Waals surface area contributed by atoms with Crippen LogP contribution in [0.2, 0.25) is 0 Å². The second-order valence-corrected chi connectivity index (χ2v) is 6.26. The quantitative estimate of drug-likeness (QED) is 0.552. The van der Waals surface area contributed by atoms with E-state index in [4.69, 9.17) is 24.9 Å². The molecule has 1 saturated heterocycles. The van der Waals surface area contributed by atoms with Crippen molar-refractivity contribution >= 4 is 5.82 Å². The number of ether oxygens (including phenoxy) is 3. The lowest BCUT2D eigenvalue weighted by Crippen LogP contribution is -2.44. The average molecular weight is 338 g/mol. The summed E-state index contributed by atoms with van der Waals surface area (Å²) in [5.74, 6) is 6.74. The Labute approximate surface area is 142 Å². The van der Waals surface area contributed by atoms with Crippen LogP contribution in [0.4, 0.5) is 5.82 Å². The van der Waals surface area contributed by atoms with Crippen molar-refractivity contribution in [3.05, 3.63) is 12.3 Å². The number of hydrogen-bond donors (Lipinski definition) is 1. The maximum Gasteiger partial charge on any atom is 0.154 e. The molecule has 134 valence electrons. The molecule has 1 aromatic heterocycles. The van der Waals surface area contributed by atoms with Crippen LogP contribution in [0.25, 0.3) is 0 Å². The van der Waals surface area contributed by atoms with Crippen LogP contribution in [0.3, 0.4) is 0 Å². The minimum Gasteiger partial charge on any atom is -0.489 e. The van der Waals surface area contributed by atoms with E-state index >= 15 is 0 Å². The molecule has 0 amide bonds. The summed E-state index contributed by atoms with van der Waals surface area (Å²) in [6.07, 6.45) is 6.19. The van der Waals surface area contributed by atoms with Gasteiger partial charge in [0.1, 0.15) is 12.4 Å². The highest BCUT2D eigenvalue weighted by atomic mass is 16.6. The van der Waals surface area contributed by atoms with Gasteiger partial charge in [-0.3, -0.25) is 0 Å². The number of piperidine rings is 1. The van der Waals surface area contributed by atoms with Crippen molar-refractivity contribution in [2.45, 2.75) is 44.0 Å². The van der Waals surface area contributed by atoms with Crippen LogP contribution in [0.15, 0.2) is 12.3 Å². The number of rotatable bonds is 8. The standard InChI is InChI=1S/C16H26N4O4/c1-21-6-7-22-15-10-16(19-18-11-15)20-4-2-12(3-5-20)23-13-8-14(9-13)24-17/h10-14H,2-9,17H2,1H3. The van der Waals surface area contributed by atoms with E-state index in [1.165, 1.54) is 0 Å². The first-order chi connectivity index (χ1) is 11.8. The third-order valence-corrected chi connectivity index (χ3v) is 4.57. The number of aromatic nitrogens is 2. The van der Waals surface area contributed by atoms with E-state index in [-0.39, 0.29) is 6.10 Å². The second-order valence-electron chi connectivity index (χ2n) is 6.26. The van der Waals surface area contributed by atoms with Gasteiger partial charge in [0.15, 0.2) is 5.82 Å². The highest BCUT2D eigenvalue weighted by molar-refractivity contribution is 5.42. The summed E-state index contributed by atoms with van der Waals surface area (Å²) >= 11 is 0. The molecule has 0 atom stereocenters. The lowest BCUT2D eigenvalue weighted by molar-refractivity contribution is -0.130. The molecule has 0 bridgehead atoms. The Morgan fingerprint density at radius 2 is 1.96 bits per heavy atom. The molecular weight excluding hydrogens is 312 g/mol. The zero-order valence-corrected chi connectivity index (χ0v) is 14.1. The summed E-state index contributed by atoms with van der Waals surface area (Å²) < 4.78 is 16.7. The largest absolute Gasteiger partial charge is 0.489 e. The summed E-state index contributed by atoms with van der Waals surface area (Å²) in [4.78, 5) is 7.03. The number of methoxy groups -OCH3 is 1. The Hall–Kier alpha value is -1.48. The molecule has 0 radical (unpaired) electrons. The number of hydrogen-bond acceptors (Lipinski definition) is 8. The molecule has 2 aliphatic rings. The van der Waals surface area contributed by atoms with Gasteiger partial charge in [0, 0.05) is 39.1 Å². The SMILES string of the molecule is COCCOc1cnnc(N2CCC(OC3CC(ON)C3)CC2)c1. The van der Waals surface area contributed by atoms with Crippen LogP contribution >= 0.6 is 0 Å². The van der Waals surface area contributed by atoms with Crippen LogP contribution in [0, 0.1) is 0 Å². The van der Waals surface area contributed by atoms with Crippen LogP contribution in [-0.2, 0) is 14.3 Å². The van der Waals surface area contributed by atoms with Gasteiger partial charge in [0.05, 0.1) is 31.1 Å². The summed E-state index contributed by atoms with van der Waals surface area (Å²) in [6.45, 7) is 2.87. The Morgan fingerprint density at radius 1 is 1.17 bits per heavy atom. The van der Waals surface area contributed by atoms with Crippen molar-refractivity contribution < 1.29 is 19.0 Å². The summed E-state index contributed by atoms with van der Waals surface area (Å²) in [6, 6.07) is 1.93. The van der Waals surface area contributed by atoms with Gasteiger partial charge in [0.2, 0.25) is 0 Å². The molecule has 8 nitrogen and oxygen atoms in total. The molecule has 0 spiro atoms. The van der Waals surface area contributed by atoms with E-state index in [2.05, 4.69) is 15.1 Å². The molecule has 2 N–H and O–H groups in total. The predicted molar refractivity (Wildman–Crippen MR) is 87.8 cm³/mol. The Balaban J connectivity index is 1.43. The molecule has 1 aromatic rings. The van der Waals surface area contributed by atoms with Gasteiger partial charge >= 0.3 is 0 Å². The van der Waals surface area contributed by atoms with Crippen molar-refractivity contribution in [3.63, 3.8) is 0 Å². The number of anilines is 1. The fourth-order valence-corrected chi connectivity index (χ4v) is 3.05. The molecule has 0 aromatic carbocycles. The molecule has 8 heteroatoms. The minimum absolute atomic E-state index is 0.172. The lowest BCUT2D eigenvalue weighted by atomic mass is 9.91. The molecule has 2 heterocycles. The monoisotopic (exact) mass is 338 g/mol. The molecule has 1 aliphatic heterocycles. The fourth-order valence-electron chi connectivity index (χ4n) is 3.05. The molecule has 0 unspecified atom stereocenters. The van der Waals surface area contributed by atoms with Gasteiger partial charge in [-0.05, 0) is 12.8 Å². The van der Waals surface area contributed by atoms with Gasteiger partial charge in [0.25, 0.3) is 0 Å². The highest BCUT2D eigenvalue weighted by Crippen LogP contribution is 2.29. The van der Waals surface area contributed by atoms with E-state index < -0.39 is 0 Å². The number of nitrogens with two attached hydrogens (primary N) is 1. The molecule has 1 saturated carbocycles. The van der Waals surface area contributed by atoms with E-state index in [0.717, 1.165) is 50.3 Å². The van der Waals surface area contributed by atoms with Gasteiger partial charge in [-0.2, -0.15) is 5.10 Å². The van der Waals surface area contributed by atoms with E-state index in [1.54, 1.807) is 13.3 Å². The lowest BCUT2D eigenvalue weighted by Gasteiger charge is -2.39. The third-order valence-electron chi connectivity index (χ3n) is 4.57. The number of nitrogens with zero attached hydrogens (tertiary/aromatic N) is 3. The Kier molecular flexibility index (Phi) is 6.19. The molecule has 1 aliphatic carbocycles. The Bertz CT molecular complexity index is 505. The normalized spacial score (nSPS) is 24.7. The summed E-state index contributed by atoms with van der Waals surface area (Å²) in [5, 5.41) is 8.25. The van der Waals surface area contributed by atoms with Crippen molar-refractivity contribution in [2.75, 3.05) is 38.3 Å². The third kappa shape index (κ3) is 4.54. The van der Waals surface area contributed by atoms with E-state index in [9.17, 15) is 0 Å². The summed E-state index contributed by atoms with van der Waals surface area (Å²) in [5.41, 5.74) is 0. The van der Waals surface area contributed by atoms with E-state index in [0.29, 0.717) is 25.4 Å². The second kappa shape index (κ2) is 8.57. The first-order valence-corrected chi connectivity index (χ1v) is 8.49. The van der Waals surface area contributed by atoms with Crippen molar-refractivity contribution in [2.24, 2.45) is 5.90 Å². The first kappa shape index (κ1) is 17.3. The van der Waals surface area contributed by atoms with Crippen LogP contribution in [-0.4, -0.2) is 61.9 Å². The zero-order chi connectivity index (χ0) is 16.8. The van der Waals surface area contributed by atoms with Crippen LogP contribution in [0.5, 0.6) is 5.75 Å². The fraction of sp³-hybridized carbons (Fsp3) is 0.750. The van der Waals surface area contributed by atoms with Crippen molar-refractivity contribution in [1.82, 2.24) is 10.2 Å². The average Bonchev–Trinajstić information content (AvgIpc) is 2.59. The maximum absolute atomic E-state index is 6.10. The minimum atomic E-state index is 0.172. The first-order valence-electron chi connectivity index (χ1n) is 8.49. The Morgan fingerprint density at radius 3 is 2.67 bits per heavy atom. The molecule has 2 fully saturated rings. The molecule has 3 rings (SSSR count).